The number of hydrogen-bond donors (Lipinski definition) is 3. The van der Waals surface area contributed by atoms with Crippen LogP contribution in [0.25, 0.3) is 10.9 Å². The highest BCUT2D eigenvalue weighted by atomic mass is 16.3. The van der Waals surface area contributed by atoms with Crippen LogP contribution >= 0.6 is 0 Å². The van der Waals surface area contributed by atoms with Crippen molar-refractivity contribution in [2.75, 3.05) is 11.9 Å². The molecule has 0 saturated carbocycles. The van der Waals surface area contributed by atoms with Crippen molar-refractivity contribution in [1.29, 1.82) is 0 Å². The van der Waals surface area contributed by atoms with Crippen LogP contribution in [0.15, 0.2) is 30.5 Å². The summed E-state index contributed by atoms with van der Waals surface area (Å²) in [5, 5.41) is 16.4. The lowest BCUT2D eigenvalue weighted by Crippen LogP contribution is -2.38. The van der Waals surface area contributed by atoms with Gasteiger partial charge in [-0.05, 0) is 49.3 Å². The van der Waals surface area contributed by atoms with Gasteiger partial charge in [-0.3, -0.25) is 0 Å². The van der Waals surface area contributed by atoms with Crippen molar-refractivity contribution >= 4 is 22.6 Å². The van der Waals surface area contributed by atoms with Gasteiger partial charge in [-0.2, -0.15) is 0 Å². The average molecular weight is 317 g/mol. The van der Waals surface area contributed by atoms with Crippen molar-refractivity contribution in [3.05, 3.63) is 30.5 Å². The molecular weight excluding hydrogens is 290 g/mol. The largest absolute Gasteiger partial charge is 0.393 e. The number of aromatic nitrogens is 1. The number of fused-ring (bicyclic) bond motifs is 1. The monoisotopic (exact) mass is 317 g/mol. The molecule has 1 aromatic carbocycles. The topological polar surface area (TPSA) is 66.3 Å². The van der Waals surface area contributed by atoms with Crippen molar-refractivity contribution in [2.24, 2.45) is 5.41 Å². The Labute approximate surface area is 137 Å². The third kappa shape index (κ3) is 4.73. The molecule has 0 radical (unpaired) electrons. The van der Waals surface area contributed by atoms with E-state index in [0.717, 1.165) is 23.1 Å². The van der Waals surface area contributed by atoms with E-state index in [1.807, 2.05) is 38.2 Å². The van der Waals surface area contributed by atoms with Crippen LogP contribution in [0.4, 0.5) is 10.5 Å². The maximum atomic E-state index is 12.1. The number of hydrogen-bond acceptors (Lipinski definition) is 2. The maximum absolute atomic E-state index is 12.1. The molecule has 0 spiro atoms. The van der Waals surface area contributed by atoms with E-state index >= 15 is 0 Å². The Morgan fingerprint density at radius 2 is 2.09 bits per heavy atom. The number of carbonyl (C=O) groups excluding carboxylic acids is 1. The number of nitrogens with zero attached hydrogens (tertiary/aromatic N) is 1. The first-order chi connectivity index (χ1) is 10.8. The van der Waals surface area contributed by atoms with Crippen LogP contribution in [0.2, 0.25) is 0 Å². The Bertz CT molecular complexity index is 674. The molecule has 1 aromatic heterocycles. The molecule has 5 heteroatoms. The van der Waals surface area contributed by atoms with E-state index in [1.165, 1.54) is 0 Å². The number of rotatable bonds is 6. The fourth-order valence-corrected chi connectivity index (χ4v) is 2.90. The van der Waals surface area contributed by atoms with E-state index in [9.17, 15) is 9.90 Å². The Hall–Kier alpha value is -2.01. The number of carbonyl (C=O) groups is 1. The zero-order valence-electron chi connectivity index (χ0n) is 14.4. The summed E-state index contributed by atoms with van der Waals surface area (Å²) in [4.78, 5) is 12.1. The molecule has 2 aromatic rings. The Balaban J connectivity index is 1.97. The number of aliphatic hydroxyl groups excluding tert-OH is 1. The fraction of sp³-hybridized carbons (Fsp3) is 0.500. The summed E-state index contributed by atoms with van der Waals surface area (Å²) < 4.78 is 2.14. The molecule has 126 valence electrons. The predicted octanol–water partition coefficient (Wildman–Crippen LogP) is 3.58. The van der Waals surface area contributed by atoms with Crippen molar-refractivity contribution < 1.29 is 9.90 Å². The summed E-state index contributed by atoms with van der Waals surface area (Å²) >= 11 is 0. The average Bonchev–Trinajstić information content (AvgIpc) is 2.86. The van der Waals surface area contributed by atoms with Crippen molar-refractivity contribution in [3.63, 3.8) is 0 Å². The minimum atomic E-state index is -0.376. The molecule has 1 heterocycles. The molecule has 0 aliphatic heterocycles. The van der Waals surface area contributed by atoms with E-state index in [2.05, 4.69) is 28.2 Å². The van der Waals surface area contributed by atoms with E-state index < -0.39 is 0 Å². The number of aliphatic hydroxyl groups is 1. The second kappa shape index (κ2) is 7.04. The second-order valence-corrected chi connectivity index (χ2v) is 6.90. The summed E-state index contributed by atoms with van der Waals surface area (Å²) in [6.07, 6.45) is 2.31. The minimum Gasteiger partial charge on any atom is -0.393 e. The van der Waals surface area contributed by atoms with Crippen LogP contribution in [-0.4, -0.2) is 28.4 Å². The lowest BCUT2D eigenvalue weighted by Gasteiger charge is -2.26. The lowest BCUT2D eigenvalue weighted by atomic mass is 9.87. The molecule has 0 saturated heterocycles. The highest BCUT2D eigenvalue weighted by Crippen LogP contribution is 2.22. The van der Waals surface area contributed by atoms with Gasteiger partial charge in [0.1, 0.15) is 0 Å². The number of aryl methyl sites for hydroxylation is 1. The normalized spacial score (nSPS) is 13.1. The standard InChI is InChI=1S/C18H27N3O2/c1-5-21-9-8-14-6-7-15(10-16(14)21)20-17(23)19-12-18(3,4)11-13(2)22/h6-10,13,22H,5,11-12H2,1-4H3,(H2,19,20,23). The van der Waals surface area contributed by atoms with Crippen molar-refractivity contribution in [3.8, 4) is 0 Å². The van der Waals surface area contributed by atoms with Gasteiger partial charge in [0.2, 0.25) is 0 Å². The first kappa shape index (κ1) is 17.3. The van der Waals surface area contributed by atoms with E-state index in [1.54, 1.807) is 6.92 Å². The summed E-state index contributed by atoms with van der Waals surface area (Å²) in [5.74, 6) is 0. The molecule has 23 heavy (non-hydrogen) atoms. The van der Waals surface area contributed by atoms with Crippen LogP contribution < -0.4 is 10.6 Å². The second-order valence-electron chi connectivity index (χ2n) is 6.90. The minimum absolute atomic E-state index is 0.146. The zero-order valence-corrected chi connectivity index (χ0v) is 14.4. The van der Waals surface area contributed by atoms with Gasteiger partial charge < -0.3 is 20.3 Å². The van der Waals surface area contributed by atoms with Gasteiger partial charge in [-0.1, -0.05) is 19.9 Å². The van der Waals surface area contributed by atoms with Crippen LogP contribution in [0.3, 0.4) is 0 Å². The van der Waals surface area contributed by atoms with E-state index in [0.29, 0.717) is 13.0 Å². The van der Waals surface area contributed by atoms with Gasteiger partial charge >= 0.3 is 6.03 Å². The van der Waals surface area contributed by atoms with Gasteiger partial charge in [0.05, 0.1) is 11.6 Å². The van der Waals surface area contributed by atoms with Crippen LogP contribution in [0.1, 0.15) is 34.1 Å². The summed E-state index contributed by atoms with van der Waals surface area (Å²) in [6.45, 7) is 9.32. The Kier molecular flexibility index (Phi) is 5.31. The molecule has 0 fully saturated rings. The summed E-state index contributed by atoms with van der Waals surface area (Å²) in [6, 6.07) is 7.75. The van der Waals surface area contributed by atoms with Gasteiger partial charge in [-0.15, -0.1) is 0 Å². The number of amides is 2. The zero-order chi connectivity index (χ0) is 17.0. The van der Waals surface area contributed by atoms with Gasteiger partial charge in [0.15, 0.2) is 0 Å². The van der Waals surface area contributed by atoms with E-state index in [4.69, 9.17) is 0 Å². The van der Waals surface area contributed by atoms with Gasteiger partial charge in [0, 0.05) is 25.0 Å². The Morgan fingerprint density at radius 1 is 1.35 bits per heavy atom. The summed E-state index contributed by atoms with van der Waals surface area (Å²) in [5.41, 5.74) is 1.74. The Morgan fingerprint density at radius 3 is 2.74 bits per heavy atom. The number of anilines is 1. The van der Waals surface area contributed by atoms with E-state index in [-0.39, 0.29) is 17.6 Å². The third-order valence-corrected chi connectivity index (χ3v) is 3.95. The quantitative estimate of drug-likeness (QED) is 0.762. The van der Waals surface area contributed by atoms with Crippen molar-refractivity contribution in [2.45, 2.75) is 46.8 Å². The van der Waals surface area contributed by atoms with Crippen LogP contribution in [0.5, 0.6) is 0 Å². The maximum Gasteiger partial charge on any atom is 0.319 e. The highest BCUT2D eigenvalue weighted by Gasteiger charge is 2.21. The molecular formula is C18H27N3O2. The van der Waals surface area contributed by atoms with Crippen LogP contribution in [-0.2, 0) is 6.54 Å². The molecule has 0 bridgehead atoms. The number of nitrogens with one attached hydrogen (secondary N) is 2. The SMILES string of the molecule is CCn1ccc2ccc(NC(=O)NCC(C)(C)CC(C)O)cc21. The predicted molar refractivity (Wildman–Crippen MR) is 94.7 cm³/mol. The van der Waals surface area contributed by atoms with Crippen molar-refractivity contribution in [1.82, 2.24) is 9.88 Å². The lowest BCUT2D eigenvalue weighted by molar-refractivity contribution is 0.129. The van der Waals surface area contributed by atoms with Crippen LogP contribution in [0, 0.1) is 5.41 Å². The number of urea groups is 1. The smallest absolute Gasteiger partial charge is 0.319 e. The van der Waals surface area contributed by atoms with Gasteiger partial charge in [0.25, 0.3) is 0 Å². The third-order valence-electron chi connectivity index (χ3n) is 3.95. The fourth-order valence-electron chi connectivity index (χ4n) is 2.90. The molecule has 0 aliphatic rings. The molecule has 1 atom stereocenters. The summed E-state index contributed by atoms with van der Waals surface area (Å²) in [7, 11) is 0. The molecule has 0 aliphatic carbocycles. The molecule has 3 N–H and O–H groups in total. The molecule has 1 unspecified atom stereocenters. The van der Waals surface area contributed by atoms with Gasteiger partial charge in [-0.25, -0.2) is 4.79 Å². The molecule has 5 nitrogen and oxygen atoms in total. The highest BCUT2D eigenvalue weighted by molar-refractivity contribution is 5.92. The molecule has 2 amide bonds. The first-order valence-electron chi connectivity index (χ1n) is 8.12. The number of benzene rings is 1. The molecule has 2 rings (SSSR count). The first-order valence-corrected chi connectivity index (χ1v) is 8.12.